The molecule has 0 saturated carbocycles. The Morgan fingerprint density at radius 1 is 1.32 bits per heavy atom. The zero-order valence-corrected chi connectivity index (χ0v) is 13.3. The van der Waals surface area contributed by atoms with Crippen molar-refractivity contribution in [3.63, 3.8) is 0 Å². The lowest BCUT2D eigenvalue weighted by Crippen LogP contribution is -2.34. The van der Waals surface area contributed by atoms with Gasteiger partial charge in [-0.3, -0.25) is 19.9 Å². The zero-order chi connectivity index (χ0) is 18.0. The maximum atomic E-state index is 12.4. The number of aromatic nitrogens is 3. The van der Waals surface area contributed by atoms with Gasteiger partial charge in [0.1, 0.15) is 11.9 Å². The molecule has 0 amide bonds. The van der Waals surface area contributed by atoms with E-state index in [-0.39, 0.29) is 24.2 Å². The van der Waals surface area contributed by atoms with Crippen molar-refractivity contribution >= 4 is 16.7 Å². The van der Waals surface area contributed by atoms with E-state index >= 15 is 0 Å². The molecule has 0 aliphatic rings. The fraction of sp³-hybridized carbons (Fsp3) is 0.188. The highest BCUT2D eigenvalue weighted by Crippen LogP contribution is 2.26. The number of benzene rings is 1. The minimum Gasteiger partial charge on any atom is -0.381 e. The van der Waals surface area contributed by atoms with Crippen molar-refractivity contribution in [2.75, 3.05) is 13.7 Å². The molecule has 1 aromatic carbocycles. The van der Waals surface area contributed by atoms with Crippen LogP contribution < -0.4 is 16.2 Å². The first kappa shape index (κ1) is 16.5. The number of hydrogen-bond donors (Lipinski definition) is 1. The number of nitrogens with one attached hydrogen (secondary N) is 2. The van der Waals surface area contributed by atoms with E-state index in [1.165, 1.54) is 23.8 Å². The van der Waals surface area contributed by atoms with E-state index in [2.05, 4.69) is 9.97 Å². The molecule has 0 spiro atoms. The summed E-state index contributed by atoms with van der Waals surface area (Å²) in [6.07, 6.45) is 1.58. The fourth-order valence-corrected chi connectivity index (χ4v) is 2.68. The third-order valence-electron chi connectivity index (χ3n) is 3.83. The third kappa shape index (κ3) is 3.04. The van der Waals surface area contributed by atoms with Crippen LogP contribution in [0.15, 0.2) is 46.1 Å². The Labute approximate surface area is 140 Å². The molecule has 3 rings (SSSR count). The maximum Gasteiger partial charge on any atom is 0.415 e. The number of nitro groups is 1. The number of pyridine rings is 1. The fourth-order valence-electron chi connectivity index (χ4n) is 2.68. The first-order chi connectivity index (χ1) is 12.0. The van der Waals surface area contributed by atoms with Crippen LogP contribution in [0.1, 0.15) is 0 Å². The van der Waals surface area contributed by atoms with Crippen LogP contribution in [-0.2, 0) is 11.3 Å². The van der Waals surface area contributed by atoms with Gasteiger partial charge in [-0.25, -0.2) is 9.78 Å². The number of aromatic amines is 2. The lowest BCUT2D eigenvalue weighted by atomic mass is 10.0. The van der Waals surface area contributed by atoms with Crippen LogP contribution in [-0.4, -0.2) is 28.2 Å². The Balaban J connectivity index is 2.31. The average Bonchev–Trinajstić information content (AvgIpc) is 2.61. The summed E-state index contributed by atoms with van der Waals surface area (Å²) in [6.45, 7) is 0.535. The van der Waals surface area contributed by atoms with Crippen LogP contribution in [0.4, 0.5) is 5.69 Å². The van der Waals surface area contributed by atoms with Crippen molar-refractivity contribution in [2.24, 2.45) is 0 Å². The Morgan fingerprint density at radius 2 is 2.12 bits per heavy atom. The van der Waals surface area contributed by atoms with Crippen molar-refractivity contribution in [1.82, 2.24) is 9.55 Å². The van der Waals surface area contributed by atoms with Gasteiger partial charge in [0, 0.05) is 24.8 Å². The highest BCUT2D eigenvalue weighted by molar-refractivity contribution is 5.90. The molecule has 0 unspecified atom stereocenters. The SMILES string of the molecule is COCCn1c(=O)[nH]c(=O)c2c(-c3cccc([N+](=O)[O-])c3)cc[nH+]c21. The maximum absolute atomic E-state index is 12.4. The number of H-pyrrole nitrogens is 2. The van der Waals surface area contributed by atoms with E-state index in [9.17, 15) is 19.7 Å². The molecule has 3 aromatic rings. The first-order valence-corrected chi connectivity index (χ1v) is 7.44. The average molecular weight is 343 g/mol. The summed E-state index contributed by atoms with van der Waals surface area (Å²) in [7, 11) is 1.51. The smallest absolute Gasteiger partial charge is 0.381 e. The lowest BCUT2D eigenvalue weighted by Gasteiger charge is -2.06. The first-order valence-electron chi connectivity index (χ1n) is 7.44. The molecular weight excluding hydrogens is 328 g/mol. The van der Waals surface area contributed by atoms with Crippen molar-refractivity contribution in [1.29, 1.82) is 0 Å². The molecule has 0 bridgehead atoms. The van der Waals surface area contributed by atoms with Crippen molar-refractivity contribution in [3.8, 4) is 11.1 Å². The molecule has 0 fully saturated rings. The van der Waals surface area contributed by atoms with Gasteiger partial charge in [-0.2, -0.15) is 4.57 Å². The van der Waals surface area contributed by atoms with Gasteiger partial charge >= 0.3 is 5.69 Å². The number of rotatable bonds is 5. The number of nitro benzene ring substituents is 1. The van der Waals surface area contributed by atoms with Crippen LogP contribution in [0.5, 0.6) is 0 Å². The number of hydrogen-bond acceptors (Lipinski definition) is 5. The molecule has 2 aromatic heterocycles. The molecule has 0 saturated heterocycles. The Bertz CT molecular complexity index is 1070. The van der Waals surface area contributed by atoms with Gasteiger partial charge < -0.3 is 4.74 Å². The van der Waals surface area contributed by atoms with E-state index < -0.39 is 16.2 Å². The minimum absolute atomic E-state index is 0.0809. The zero-order valence-electron chi connectivity index (χ0n) is 13.3. The van der Waals surface area contributed by atoms with E-state index in [0.29, 0.717) is 16.8 Å². The number of fused-ring (bicyclic) bond motifs is 1. The standard InChI is InChI=1S/C16H14N4O5/c1-25-8-7-19-14-13(15(21)18-16(19)22)12(5-6-17-14)10-3-2-4-11(9-10)20(23)24/h2-6,9H,7-8H2,1H3,(H,18,21,22)/p+1. The molecule has 0 aliphatic carbocycles. The molecule has 25 heavy (non-hydrogen) atoms. The van der Waals surface area contributed by atoms with Crippen LogP contribution in [0.25, 0.3) is 22.2 Å². The van der Waals surface area contributed by atoms with Gasteiger partial charge in [-0.05, 0) is 11.6 Å². The lowest BCUT2D eigenvalue weighted by molar-refractivity contribution is -0.384. The molecule has 2 N–H and O–H groups in total. The van der Waals surface area contributed by atoms with Crippen LogP contribution in [0.3, 0.4) is 0 Å². The van der Waals surface area contributed by atoms with Crippen molar-refractivity contribution in [2.45, 2.75) is 6.54 Å². The molecule has 0 atom stereocenters. The largest absolute Gasteiger partial charge is 0.415 e. The second kappa shape index (κ2) is 6.65. The van der Waals surface area contributed by atoms with Gasteiger partial charge in [0.15, 0.2) is 0 Å². The number of ether oxygens (including phenoxy) is 1. The summed E-state index contributed by atoms with van der Waals surface area (Å²) in [5, 5.41) is 11.3. The van der Waals surface area contributed by atoms with Crippen LogP contribution >= 0.6 is 0 Å². The van der Waals surface area contributed by atoms with E-state index in [4.69, 9.17) is 4.74 Å². The third-order valence-corrected chi connectivity index (χ3v) is 3.83. The number of non-ortho nitro benzene ring substituents is 1. The Kier molecular flexibility index (Phi) is 4.40. The van der Waals surface area contributed by atoms with E-state index in [1.54, 1.807) is 24.4 Å². The van der Waals surface area contributed by atoms with Crippen LogP contribution in [0, 0.1) is 10.1 Å². The van der Waals surface area contributed by atoms with Gasteiger partial charge in [-0.1, -0.05) is 12.1 Å². The second-order valence-corrected chi connectivity index (χ2v) is 5.33. The molecule has 128 valence electrons. The van der Waals surface area contributed by atoms with Gasteiger partial charge in [0.25, 0.3) is 16.9 Å². The summed E-state index contributed by atoms with van der Waals surface area (Å²) in [5.74, 6) is 0. The Morgan fingerprint density at radius 3 is 2.84 bits per heavy atom. The summed E-state index contributed by atoms with van der Waals surface area (Å²) in [4.78, 5) is 40.2. The summed E-state index contributed by atoms with van der Waals surface area (Å²) < 4.78 is 6.36. The summed E-state index contributed by atoms with van der Waals surface area (Å²) >= 11 is 0. The van der Waals surface area contributed by atoms with Gasteiger partial charge in [-0.15, -0.1) is 0 Å². The molecular formula is C16H15N4O5+. The Hall–Kier alpha value is -3.33. The monoisotopic (exact) mass is 343 g/mol. The quantitative estimate of drug-likeness (QED) is 0.540. The predicted octanol–water partition coefficient (Wildman–Crippen LogP) is 0.725. The van der Waals surface area contributed by atoms with E-state index in [0.717, 1.165) is 0 Å². The summed E-state index contributed by atoms with van der Waals surface area (Å²) in [6, 6.07) is 7.62. The molecule has 0 radical (unpaired) electrons. The number of methoxy groups -OCH3 is 1. The van der Waals surface area contributed by atoms with Gasteiger partial charge in [0.05, 0.1) is 17.7 Å². The van der Waals surface area contributed by atoms with Crippen LogP contribution in [0.2, 0.25) is 0 Å². The molecule has 9 heteroatoms. The minimum atomic E-state index is -0.563. The highest BCUT2D eigenvalue weighted by atomic mass is 16.6. The molecule has 9 nitrogen and oxygen atoms in total. The predicted molar refractivity (Wildman–Crippen MR) is 89.4 cm³/mol. The van der Waals surface area contributed by atoms with E-state index in [1.807, 2.05) is 0 Å². The highest BCUT2D eigenvalue weighted by Gasteiger charge is 2.20. The second-order valence-electron chi connectivity index (χ2n) is 5.33. The topological polar surface area (TPSA) is 121 Å². The summed E-state index contributed by atoms with van der Waals surface area (Å²) in [5.41, 5.74) is 0.131. The van der Waals surface area contributed by atoms with Gasteiger partial charge in [0.2, 0.25) is 0 Å². The van der Waals surface area contributed by atoms with Crippen molar-refractivity contribution < 1.29 is 14.6 Å². The normalized spacial score (nSPS) is 10.9. The molecule has 2 heterocycles. The molecule has 0 aliphatic heterocycles. The van der Waals surface area contributed by atoms with Crippen molar-refractivity contribution in [3.05, 3.63) is 67.5 Å². The number of nitrogens with zero attached hydrogens (tertiary/aromatic N) is 2.